The maximum Gasteiger partial charge on any atom is 0.0352 e. The van der Waals surface area contributed by atoms with E-state index >= 15 is 0 Å². The van der Waals surface area contributed by atoms with Crippen LogP contribution >= 0.6 is 11.8 Å². The quantitative estimate of drug-likeness (QED) is 0.156. The van der Waals surface area contributed by atoms with Gasteiger partial charge < -0.3 is 0 Å². The summed E-state index contributed by atoms with van der Waals surface area (Å²) >= 11 is 1.90. The second-order valence-electron chi connectivity index (χ2n) is 16.0. The Morgan fingerprint density at radius 1 is 0.439 bits per heavy atom. The zero-order valence-electron chi connectivity index (χ0n) is 33.6. The molecule has 1 saturated carbocycles. The third kappa shape index (κ3) is 6.35. The third-order valence-corrected chi connectivity index (χ3v) is 13.5. The average Bonchev–Trinajstić information content (AvgIpc) is 3.73. The van der Waals surface area contributed by atoms with E-state index in [4.69, 9.17) is 0 Å². The van der Waals surface area contributed by atoms with Gasteiger partial charge in [-0.1, -0.05) is 208 Å². The molecule has 2 aliphatic rings. The summed E-state index contributed by atoms with van der Waals surface area (Å²) in [5, 5.41) is 0. The predicted octanol–water partition coefficient (Wildman–Crippen LogP) is 16.1. The molecule has 10 rings (SSSR count). The number of benzene rings is 8. The third-order valence-electron chi connectivity index (χ3n) is 12.3. The molecule has 0 N–H and O–H groups in total. The van der Waals surface area contributed by atoms with Crippen LogP contribution in [0, 0.1) is 0 Å². The van der Waals surface area contributed by atoms with Crippen molar-refractivity contribution in [1.29, 1.82) is 0 Å². The zero-order chi connectivity index (χ0) is 39.3. The van der Waals surface area contributed by atoms with Gasteiger partial charge in [0.05, 0.1) is 0 Å². The molecule has 0 spiro atoms. The smallest absolute Gasteiger partial charge is 0.0352 e. The van der Waals surface area contributed by atoms with Gasteiger partial charge in [0, 0.05) is 16.6 Å². The molecular formula is C56H46S. The number of hydrogen-bond acceptors (Lipinski definition) is 1. The van der Waals surface area contributed by atoms with E-state index in [-0.39, 0.29) is 5.41 Å². The maximum atomic E-state index is 10.0. The molecule has 0 unspecified atom stereocenters. The lowest BCUT2D eigenvalue weighted by molar-refractivity contribution is 0.605. The van der Waals surface area contributed by atoms with Gasteiger partial charge in [0.25, 0.3) is 0 Å². The van der Waals surface area contributed by atoms with Gasteiger partial charge in [0.15, 0.2) is 0 Å². The Kier molecular flexibility index (Phi) is 8.97. The normalized spacial score (nSPS) is 15.4. The summed E-state index contributed by atoms with van der Waals surface area (Å²) in [4.78, 5) is 2.60. The van der Waals surface area contributed by atoms with Gasteiger partial charge in [-0.15, -0.1) is 0 Å². The van der Waals surface area contributed by atoms with Crippen molar-refractivity contribution in [2.24, 2.45) is 0 Å². The molecule has 0 amide bonds. The summed E-state index contributed by atoms with van der Waals surface area (Å²) in [6, 6.07) is 69.0. The first-order chi connectivity index (χ1) is 28.4. The average molecular weight is 752 g/mol. The van der Waals surface area contributed by atoms with E-state index in [0.29, 0.717) is 0 Å². The standard InChI is InChI=1S/C56H46S/c1-56(2)48-32-17-18-33-50(48)57-55-49(56)35-34-45(38-24-15-16-25-38)53(55)43-30-19-31-44(36-43)54-51(41-26-11-5-12-27-41)46(39-20-7-3-8-21-39)37-47(40-22-9-4-10-23-40)52(54)42-28-13-6-14-29-42/h3-14,17-23,26-38H,15-16,24-25H2,1-2H3/i38D. The van der Waals surface area contributed by atoms with Crippen molar-refractivity contribution < 1.29 is 1.37 Å². The molecule has 57 heavy (non-hydrogen) atoms. The van der Waals surface area contributed by atoms with Crippen LogP contribution in [0.15, 0.2) is 198 Å². The van der Waals surface area contributed by atoms with Gasteiger partial charge in [-0.05, 0) is 120 Å². The van der Waals surface area contributed by atoms with Crippen LogP contribution in [0.5, 0.6) is 0 Å². The van der Waals surface area contributed by atoms with Crippen molar-refractivity contribution in [3.63, 3.8) is 0 Å². The van der Waals surface area contributed by atoms with Crippen molar-refractivity contribution >= 4 is 11.8 Å². The first-order valence-electron chi connectivity index (χ1n) is 20.9. The Labute approximate surface area is 343 Å². The molecule has 1 fully saturated rings. The predicted molar refractivity (Wildman–Crippen MR) is 243 cm³/mol. The Bertz CT molecular complexity index is 2660. The van der Waals surface area contributed by atoms with E-state index < -0.39 is 5.89 Å². The summed E-state index contributed by atoms with van der Waals surface area (Å²) < 4.78 is 10.0. The molecule has 1 heteroatoms. The Morgan fingerprint density at radius 3 is 1.47 bits per heavy atom. The minimum absolute atomic E-state index is 0.178. The van der Waals surface area contributed by atoms with Crippen molar-refractivity contribution in [1.82, 2.24) is 0 Å². The summed E-state index contributed by atoms with van der Waals surface area (Å²) in [5.41, 5.74) is 18.1. The van der Waals surface area contributed by atoms with Crippen LogP contribution in [0.3, 0.4) is 0 Å². The monoisotopic (exact) mass is 751 g/mol. The molecule has 1 aliphatic carbocycles. The van der Waals surface area contributed by atoms with Gasteiger partial charge in [0.2, 0.25) is 0 Å². The molecule has 1 aliphatic heterocycles. The van der Waals surface area contributed by atoms with Crippen LogP contribution < -0.4 is 0 Å². The van der Waals surface area contributed by atoms with Gasteiger partial charge in [0.1, 0.15) is 0 Å². The number of rotatable bonds is 7. The van der Waals surface area contributed by atoms with E-state index in [2.05, 4.69) is 202 Å². The number of fused-ring (bicyclic) bond motifs is 2. The van der Waals surface area contributed by atoms with Gasteiger partial charge in [-0.2, -0.15) is 0 Å². The van der Waals surface area contributed by atoms with E-state index in [1.54, 1.807) is 0 Å². The second kappa shape index (κ2) is 14.9. The Morgan fingerprint density at radius 2 is 0.912 bits per heavy atom. The van der Waals surface area contributed by atoms with Crippen molar-refractivity contribution in [3.8, 4) is 66.8 Å². The fourth-order valence-corrected chi connectivity index (χ4v) is 11.0. The molecule has 0 saturated heterocycles. The van der Waals surface area contributed by atoms with Crippen LogP contribution in [0.2, 0.25) is 0 Å². The largest absolute Gasteiger partial charge is 0.0888 e. The topological polar surface area (TPSA) is 0 Å². The van der Waals surface area contributed by atoms with Crippen LogP contribution in [0.4, 0.5) is 0 Å². The van der Waals surface area contributed by atoms with Crippen LogP contribution in [0.25, 0.3) is 66.8 Å². The van der Waals surface area contributed by atoms with Gasteiger partial charge in [-0.3, -0.25) is 0 Å². The maximum absolute atomic E-state index is 10.0. The highest BCUT2D eigenvalue weighted by Crippen LogP contribution is 2.56. The minimum atomic E-state index is -0.625. The first kappa shape index (κ1) is 34.4. The molecule has 8 aromatic rings. The zero-order valence-corrected chi connectivity index (χ0v) is 33.5. The fourth-order valence-electron chi connectivity index (χ4n) is 9.46. The lowest BCUT2D eigenvalue weighted by Gasteiger charge is -2.37. The minimum Gasteiger partial charge on any atom is -0.0888 e. The Balaban J connectivity index is 1.32. The van der Waals surface area contributed by atoms with Crippen LogP contribution in [-0.4, -0.2) is 0 Å². The molecule has 1 heterocycles. The highest BCUT2D eigenvalue weighted by atomic mass is 32.2. The van der Waals surface area contributed by atoms with E-state index in [9.17, 15) is 1.37 Å². The molecule has 0 radical (unpaired) electrons. The summed E-state index contributed by atoms with van der Waals surface area (Å²) in [5.74, 6) is -0.625. The highest BCUT2D eigenvalue weighted by molar-refractivity contribution is 7.99. The van der Waals surface area contributed by atoms with Crippen LogP contribution in [-0.2, 0) is 5.41 Å². The molecule has 0 nitrogen and oxygen atoms in total. The van der Waals surface area contributed by atoms with E-state index in [1.807, 2.05) is 11.8 Å². The van der Waals surface area contributed by atoms with Crippen molar-refractivity contribution in [2.45, 2.75) is 60.6 Å². The molecule has 0 aromatic heterocycles. The Hall–Kier alpha value is -5.89. The molecule has 0 atom stereocenters. The summed E-state index contributed by atoms with van der Waals surface area (Å²) in [6.45, 7) is 4.74. The molecular weight excluding hydrogens is 705 g/mol. The molecule has 276 valence electrons. The van der Waals surface area contributed by atoms with Gasteiger partial charge in [-0.25, -0.2) is 0 Å². The van der Waals surface area contributed by atoms with Crippen LogP contribution in [0.1, 0.15) is 63.5 Å². The lowest BCUT2D eigenvalue weighted by atomic mass is 9.75. The van der Waals surface area contributed by atoms with E-state index in [0.717, 1.165) is 31.2 Å². The molecule has 8 aromatic carbocycles. The SMILES string of the molecule is [2H]C1(c2ccc3c(c2-c2cccc(-c4c(-c5ccccc5)c(-c5ccccc5)cc(-c5ccccc5)c4-c4ccccc4)c2)Sc2ccccc2C3(C)C)CCCC1. The number of hydrogen-bond donors (Lipinski definition) is 0. The molecule has 0 bridgehead atoms. The second-order valence-corrected chi connectivity index (χ2v) is 17.1. The van der Waals surface area contributed by atoms with Crippen molar-refractivity contribution in [3.05, 3.63) is 205 Å². The van der Waals surface area contributed by atoms with Gasteiger partial charge >= 0.3 is 0 Å². The summed E-state index contributed by atoms with van der Waals surface area (Å²) in [6.07, 6.45) is 3.96. The summed E-state index contributed by atoms with van der Waals surface area (Å²) in [7, 11) is 0. The van der Waals surface area contributed by atoms with E-state index in [1.165, 1.54) is 87.7 Å². The highest BCUT2D eigenvalue weighted by Gasteiger charge is 2.36. The lowest BCUT2D eigenvalue weighted by Crippen LogP contribution is -2.24. The van der Waals surface area contributed by atoms with Crippen molar-refractivity contribution in [2.75, 3.05) is 0 Å². The first-order valence-corrected chi connectivity index (χ1v) is 21.2. The fraction of sp³-hybridized carbons (Fsp3) is 0.143.